The average Bonchev–Trinajstić information content (AvgIpc) is 3.13. The molecule has 0 spiro atoms. The van der Waals surface area contributed by atoms with Gasteiger partial charge >= 0.3 is 0 Å². The van der Waals surface area contributed by atoms with E-state index in [1.165, 1.54) is 17.4 Å². The number of anilines is 2. The van der Waals surface area contributed by atoms with Crippen molar-refractivity contribution < 1.29 is 4.79 Å². The van der Waals surface area contributed by atoms with Crippen molar-refractivity contribution in [3.63, 3.8) is 0 Å². The lowest BCUT2D eigenvalue weighted by atomic mass is 10.1. The van der Waals surface area contributed by atoms with Crippen LogP contribution in [0.5, 0.6) is 0 Å². The largest absolute Gasteiger partial charge is 0.354 e. The van der Waals surface area contributed by atoms with Crippen LogP contribution in [0.4, 0.5) is 11.5 Å². The van der Waals surface area contributed by atoms with Crippen LogP contribution in [0.2, 0.25) is 0 Å². The zero-order chi connectivity index (χ0) is 19.7. The first-order chi connectivity index (χ1) is 13.6. The number of nitrogens with two attached hydrogens (primary N) is 1. The number of nitrogens with one attached hydrogen (secondary N) is 2. The Bertz CT molecular complexity index is 1090. The van der Waals surface area contributed by atoms with E-state index in [2.05, 4.69) is 20.5 Å². The molecule has 4 N–H and O–H groups in total. The van der Waals surface area contributed by atoms with Gasteiger partial charge in [-0.3, -0.25) is 9.59 Å². The zero-order valence-corrected chi connectivity index (χ0v) is 16.3. The summed E-state index contributed by atoms with van der Waals surface area (Å²) >= 11 is 1.35. The van der Waals surface area contributed by atoms with E-state index in [4.69, 9.17) is 10.8 Å². The zero-order valence-electron chi connectivity index (χ0n) is 15.4. The molecule has 0 saturated carbocycles. The van der Waals surface area contributed by atoms with Gasteiger partial charge in [-0.2, -0.15) is 14.6 Å². The highest BCUT2D eigenvalue weighted by Crippen LogP contribution is 2.32. The second kappa shape index (κ2) is 7.66. The number of hydrogen-bond acceptors (Lipinski definition) is 8. The Labute approximate surface area is 165 Å². The minimum atomic E-state index is -0.274. The van der Waals surface area contributed by atoms with E-state index in [1.807, 2.05) is 25.1 Å². The Morgan fingerprint density at radius 1 is 1.36 bits per heavy atom. The van der Waals surface area contributed by atoms with Crippen molar-refractivity contribution in [2.75, 3.05) is 42.9 Å². The van der Waals surface area contributed by atoms with Gasteiger partial charge < -0.3 is 21.3 Å². The average molecular weight is 399 g/mol. The van der Waals surface area contributed by atoms with E-state index in [-0.39, 0.29) is 18.0 Å². The van der Waals surface area contributed by atoms with E-state index in [9.17, 15) is 9.59 Å². The number of hydrogen-bond donors (Lipinski definition) is 3. The minimum Gasteiger partial charge on any atom is -0.354 e. The normalized spacial score (nSPS) is 14.4. The summed E-state index contributed by atoms with van der Waals surface area (Å²) in [7, 11) is 0. The molecule has 0 bridgehead atoms. The predicted octanol–water partition coefficient (Wildman–Crippen LogP) is 0.433. The molecule has 146 valence electrons. The van der Waals surface area contributed by atoms with Crippen LogP contribution in [-0.4, -0.2) is 53.2 Å². The number of aromatic nitrogens is 3. The van der Waals surface area contributed by atoms with E-state index in [1.54, 1.807) is 4.52 Å². The van der Waals surface area contributed by atoms with Gasteiger partial charge in [0.15, 0.2) is 0 Å². The lowest BCUT2D eigenvalue weighted by Gasteiger charge is -2.28. The van der Waals surface area contributed by atoms with Gasteiger partial charge in [-0.1, -0.05) is 23.5 Å². The molecule has 1 amide bonds. The van der Waals surface area contributed by atoms with Crippen molar-refractivity contribution in [1.29, 1.82) is 0 Å². The fourth-order valence-electron chi connectivity index (χ4n) is 3.23. The molecule has 1 aromatic carbocycles. The second-order valence-corrected chi connectivity index (χ2v) is 7.48. The number of benzene rings is 1. The monoisotopic (exact) mass is 399 g/mol. The van der Waals surface area contributed by atoms with Crippen molar-refractivity contribution in [3.05, 3.63) is 40.2 Å². The molecule has 3 heterocycles. The lowest BCUT2D eigenvalue weighted by Crippen LogP contribution is -2.44. The predicted molar refractivity (Wildman–Crippen MR) is 110 cm³/mol. The van der Waals surface area contributed by atoms with Gasteiger partial charge in [-0.05, 0) is 18.6 Å². The summed E-state index contributed by atoms with van der Waals surface area (Å²) in [5, 5.41) is 11.6. The van der Waals surface area contributed by atoms with Crippen LogP contribution in [0.3, 0.4) is 0 Å². The number of carbonyl (C=O) groups excluding carboxylic acids is 1. The molecule has 9 nitrogen and oxygen atoms in total. The molecular weight excluding hydrogens is 378 g/mol. The number of amides is 1. The van der Waals surface area contributed by atoms with Crippen LogP contribution in [-0.2, 0) is 4.79 Å². The van der Waals surface area contributed by atoms with Crippen LogP contribution in [0.25, 0.3) is 15.5 Å². The molecule has 3 aromatic rings. The second-order valence-electron chi connectivity index (χ2n) is 6.52. The maximum absolute atomic E-state index is 12.1. The van der Waals surface area contributed by atoms with E-state index >= 15 is 0 Å². The van der Waals surface area contributed by atoms with E-state index in [0.29, 0.717) is 10.6 Å². The van der Waals surface area contributed by atoms with Gasteiger partial charge in [0, 0.05) is 43.5 Å². The summed E-state index contributed by atoms with van der Waals surface area (Å²) in [6, 6.07) is 7.16. The number of piperazine rings is 1. The molecule has 1 saturated heterocycles. The highest BCUT2D eigenvalue weighted by Gasteiger charge is 2.19. The maximum Gasteiger partial charge on any atom is 0.276 e. The van der Waals surface area contributed by atoms with Gasteiger partial charge in [-0.15, -0.1) is 0 Å². The van der Waals surface area contributed by atoms with E-state index < -0.39 is 0 Å². The Hall–Kier alpha value is -2.82. The summed E-state index contributed by atoms with van der Waals surface area (Å²) in [5.41, 5.74) is 7.58. The molecular formula is C18H21N7O2S. The standard InChI is InChI=1S/C18H21N7O2S/c1-11-12(3-2-4-13(11)21-15(27)10-19)17-23-25-16(24-7-5-20-6-8-24)9-14(26)22-18(25)28-17/h2-4,9,20H,5-8,10,19H2,1H3,(H,21,27). The van der Waals surface area contributed by atoms with Gasteiger partial charge in [0.25, 0.3) is 5.56 Å². The number of rotatable bonds is 4. The van der Waals surface area contributed by atoms with Gasteiger partial charge in [0.05, 0.1) is 6.54 Å². The number of nitrogens with zero attached hydrogens (tertiary/aromatic N) is 4. The molecule has 0 atom stereocenters. The van der Waals surface area contributed by atoms with Crippen LogP contribution < -0.4 is 26.8 Å². The SMILES string of the molecule is Cc1c(NC(=O)CN)cccc1-c1nn2c(N3CCNCC3)cc(=O)nc2s1. The quantitative estimate of drug-likeness (QED) is 0.582. The van der Waals surface area contributed by atoms with Crippen molar-refractivity contribution >= 4 is 33.7 Å². The summed E-state index contributed by atoms with van der Waals surface area (Å²) in [6.45, 7) is 5.16. The summed E-state index contributed by atoms with van der Waals surface area (Å²) in [4.78, 5) is 30.6. The topological polar surface area (TPSA) is 118 Å². The highest BCUT2D eigenvalue weighted by atomic mass is 32.1. The van der Waals surface area contributed by atoms with Crippen LogP contribution in [0, 0.1) is 6.92 Å². The molecule has 0 aliphatic carbocycles. The third-order valence-electron chi connectivity index (χ3n) is 4.70. The van der Waals surface area contributed by atoms with Gasteiger partial charge in [0.1, 0.15) is 10.8 Å². The Morgan fingerprint density at radius 2 is 2.14 bits per heavy atom. The van der Waals surface area contributed by atoms with Gasteiger partial charge in [0.2, 0.25) is 10.9 Å². The Kier molecular flexibility index (Phi) is 5.07. The molecule has 1 aliphatic rings. The molecule has 2 aromatic heterocycles. The molecule has 10 heteroatoms. The van der Waals surface area contributed by atoms with Crippen molar-refractivity contribution in [3.8, 4) is 10.6 Å². The highest BCUT2D eigenvalue weighted by molar-refractivity contribution is 7.19. The molecule has 28 heavy (non-hydrogen) atoms. The van der Waals surface area contributed by atoms with Crippen molar-refractivity contribution in [2.24, 2.45) is 5.73 Å². The summed E-state index contributed by atoms with van der Waals surface area (Å²) in [5.74, 6) is 0.502. The maximum atomic E-state index is 12.1. The molecule has 0 radical (unpaired) electrons. The number of carbonyl (C=O) groups is 1. The smallest absolute Gasteiger partial charge is 0.276 e. The Balaban J connectivity index is 1.79. The van der Waals surface area contributed by atoms with Crippen molar-refractivity contribution in [1.82, 2.24) is 19.9 Å². The molecule has 0 unspecified atom stereocenters. The molecule has 1 aliphatic heterocycles. The van der Waals surface area contributed by atoms with Crippen molar-refractivity contribution in [2.45, 2.75) is 6.92 Å². The van der Waals surface area contributed by atoms with Crippen LogP contribution in [0.1, 0.15) is 5.56 Å². The summed E-state index contributed by atoms with van der Waals surface area (Å²) in [6.07, 6.45) is 0. The van der Waals surface area contributed by atoms with Gasteiger partial charge in [-0.25, -0.2) is 0 Å². The third kappa shape index (κ3) is 3.49. The lowest BCUT2D eigenvalue weighted by molar-refractivity contribution is -0.114. The van der Waals surface area contributed by atoms with Crippen LogP contribution >= 0.6 is 11.3 Å². The first-order valence-electron chi connectivity index (χ1n) is 9.03. The van der Waals surface area contributed by atoms with Crippen LogP contribution in [0.15, 0.2) is 29.1 Å². The van der Waals surface area contributed by atoms with E-state index in [0.717, 1.165) is 48.1 Å². The fourth-order valence-corrected chi connectivity index (χ4v) is 4.22. The number of fused-ring (bicyclic) bond motifs is 1. The minimum absolute atomic E-state index is 0.0785. The Morgan fingerprint density at radius 3 is 2.89 bits per heavy atom. The fraction of sp³-hybridized carbons (Fsp3) is 0.333. The third-order valence-corrected chi connectivity index (χ3v) is 5.64. The first-order valence-corrected chi connectivity index (χ1v) is 9.85. The first kappa shape index (κ1) is 18.5. The molecule has 4 rings (SSSR count). The summed E-state index contributed by atoms with van der Waals surface area (Å²) < 4.78 is 1.73. The molecule has 1 fully saturated rings.